The molecule has 2 aromatic rings. The van der Waals surface area contributed by atoms with E-state index in [4.69, 9.17) is 11.6 Å². The van der Waals surface area contributed by atoms with E-state index in [1.807, 2.05) is 18.2 Å². The smallest absolute Gasteiger partial charge is 0.142 e. The highest BCUT2D eigenvalue weighted by atomic mass is 79.9. The third-order valence-electron chi connectivity index (χ3n) is 2.46. The molecule has 0 fully saturated rings. The molecule has 1 aromatic heterocycles. The highest BCUT2D eigenvalue weighted by Gasteiger charge is 2.19. The molecule has 1 atom stereocenters. The summed E-state index contributed by atoms with van der Waals surface area (Å²) in [6, 6.07) is 8.84. The molecule has 0 bridgehead atoms. The minimum atomic E-state index is -0.239. The summed E-state index contributed by atoms with van der Waals surface area (Å²) in [4.78, 5) is 0.995. The van der Waals surface area contributed by atoms with Crippen LogP contribution >= 0.6 is 38.9 Å². The normalized spacial score (nSPS) is 12.7. The fourth-order valence-electron chi connectivity index (χ4n) is 1.68. The van der Waals surface area contributed by atoms with Gasteiger partial charge in [-0.15, -0.1) is 11.3 Å². The molecule has 0 aliphatic carbocycles. The van der Waals surface area contributed by atoms with Crippen LogP contribution in [-0.4, -0.2) is 7.05 Å². The first-order valence-corrected chi connectivity index (χ1v) is 6.98. The summed E-state index contributed by atoms with van der Waals surface area (Å²) in [5.74, 6) is -0.239. The number of thiophene rings is 1. The van der Waals surface area contributed by atoms with Gasteiger partial charge in [-0.25, -0.2) is 4.39 Å². The van der Waals surface area contributed by atoms with Crippen LogP contribution in [0.2, 0.25) is 4.34 Å². The molecule has 0 spiro atoms. The van der Waals surface area contributed by atoms with Gasteiger partial charge in [-0.3, -0.25) is 0 Å². The van der Waals surface area contributed by atoms with Crippen LogP contribution in [0, 0.1) is 5.82 Å². The van der Waals surface area contributed by atoms with E-state index < -0.39 is 0 Å². The van der Waals surface area contributed by atoms with Gasteiger partial charge in [-0.1, -0.05) is 23.7 Å². The molecule has 1 heterocycles. The average molecular weight is 335 g/mol. The molecule has 0 radical (unpaired) electrons. The van der Waals surface area contributed by atoms with Gasteiger partial charge in [0.05, 0.1) is 14.9 Å². The molecule has 1 aromatic carbocycles. The van der Waals surface area contributed by atoms with Crippen molar-refractivity contribution in [2.75, 3.05) is 7.05 Å². The highest BCUT2D eigenvalue weighted by molar-refractivity contribution is 9.10. The summed E-state index contributed by atoms with van der Waals surface area (Å²) in [5.41, 5.74) is 0.611. The summed E-state index contributed by atoms with van der Waals surface area (Å²) in [5, 5.41) is 3.11. The lowest BCUT2D eigenvalue weighted by Gasteiger charge is -2.16. The maximum atomic E-state index is 14.0. The number of hydrogen-bond donors (Lipinski definition) is 1. The monoisotopic (exact) mass is 333 g/mol. The number of hydrogen-bond acceptors (Lipinski definition) is 2. The quantitative estimate of drug-likeness (QED) is 0.864. The number of benzene rings is 1. The van der Waals surface area contributed by atoms with Crippen LogP contribution in [0.1, 0.15) is 16.5 Å². The van der Waals surface area contributed by atoms with Crippen molar-refractivity contribution in [3.8, 4) is 0 Å². The van der Waals surface area contributed by atoms with Crippen molar-refractivity contribution in [1.82, 2.24) is 5.32 Å². The Morgan fingerprint density at radius 3 is 2.71 bits per heavy atom. The zero-order valence-corrected chi connectivity index (χ0v) is 12.2. The number of rotatable bonds is 3. The minimum absolute atomic E-state index is 0.176. The molecule has 1 N–H and O–H groups in total. The Labute approximate surface area is 117 Å². The SMILES string of the molecule is CNC(c1ccc(Cl)s1)c1cccc(Br)c1F. The van der Waals surface area contributed by atoms with Gasteiger partial charge in [0.25, 0.3) is 0 Å². The maximum Gasteiger partial charge on any atom is 0.142 e. The first-order valence-electron chi connectivity index (χ1n) is 5.00. The molecule has 5 heteroatoms. The molecule has 0 aliphatic heterocycles. The summed E-state index contributed by atoms with van der Waals surface area (Å²) >= 11 is 10.6. The van der Waals surface area contributed by atoms with Crippen LogP contribution < -0.4 is 5.32 Å². The van der Waals surface area contributed by atoms with Crippen molar-refractivity contribution < 1.29 is 4.39 Å². The second kappa shape index (κ2) is 5.48. The Morgan fingerprint density at radius 2 is 2.12 bits per heavy atom. The molecule has 0 saturated heterocycles. The predicted molar refractivity (Wildman–Crippen MR) is 74.3 cm³/mol. The number of nitrogens with one attached hydrogen (secondary N) is 1. The van der Waals surface area contributed by atoms with Crippen LogP contribution in [0.3, 0.4) is 0 Å². The van der Waals surface area contributed by atoms with Gasteiger partial charge in [0.15, 0.2) is 0 Å². The van der Waals surface area contributed by atoms with E-state index in [9.17, 15) is 4.39 Å². The van der Waals surface area contributed by atoms with E-state index in [1.54, 1.807) is 19.2 Å². The predicted octanol–water partition coefficient (Wildman–Crippen LogP) is 4.61. The average Bonchev–Trinajstić information content (AvgIpc) is 2.72. The lowest BCUT2D eigenvalue weighted by Crippen LogP contribution is -2.17. The largest absolute Gasteiger partial charge is 0.309 e. The molecular formula is C12H10BrClFNS. The van der Waals surface area contributed by atoms with E-state index in [1.165, 1.54) is 11.3 Å². The van der Waals surface area contributed by atoms with Crippen molar-refractivity contribution in [3.63, 3.8) is 0 Å². The maximum absolute atomic E-state index is 14.0. The lowest BCUT2D eigenvalue weighted by molar-refractivity contribution is 0.574. The van der Waals surface area contributed by atoms with Gasteiger partial charge in [0.1, 0.15) is 5.82 Å². The van der Waals surface area contributed by atoms with Gasteiger partial charge in [-0.2, -0.15) is 0 Å². The number of halogens is 3. The van der Waals surface area contributed by atoms with Crippen LogP contribution in [0.4, 0.5) is 4.39 Å². The van der Waals surface area contributed by atoms with Gasteiger partial charge < -0.3 is 5.32 Å². The Bertz CT molecular complexity index is 529. The minimum Gasteiger partial charge on any atom is -0.309 e. The third-order valence-corrected chi connectivity index (χ3v) is 4.37. The van der Waals surface area contributed by atoms with Crippen molar-refractivity contribution in [1.29, 1.82) is 0 Å². The van der Waals surface area contributed by atoms with Gasteiger partial charge in [0.2, 0.25) is 0 Å². The van der Waals surface area contributed by atoms with Gasteiger partial charge in [-0.05, 0) is 41.2 Å². The van der Waals surface area contributed by atoms with E-state index in [0.29, 0.717) is 14.4 Å². The zero-order valence-electron chi connectivity index (χ0n) is 9.01. The molecule has 0 aliphatic rings. The summed E-state index contributed by atoms with van der Waals surface area (Å²) in [6.07, 6.45) is 0. The first-order chi connectivity index (χ1) is 8.13. The van der Waals surface area contributed by atoms with Gasteiger partial charge in [0, 0.05) is 10.4 Å². The highest BCUT2D eigenvalue weighted by Crippen LogP contribution is 2.33. The van der Waals surface area contributed by atoms with Crippen LogP contribution in [-0.2, 0) is 0 Å². The second-order valence-electron chi connectivity index (χ2n) is 3.51. The van der Waals surface area contributed by atoms with Crippen LogP contribution in [0.15, 0.2) is 34.8 Å². The summed E-state index contributed by atoms with van der Waals surface area (Å²) in [6.45, 7) is 0. The Morgan fingerprint density at radius 1 is 1.35 bits per heavy atom. The molecule has 0 saturated carbocycles. The summed E-state index contributed by atoms with van der Waals surface area (Å²) in [7, 11) is 1.80. The molecule has 1 nitrogen and oxygen atoms in total. The molecule has 2 rings (SSSR count). The van der Waals surface area contributed by atoms with Crippen molar-refractivity contribution in [2.45, 2.75) is 6.04 Å². The zero-order chi connectivity index (χ0) is 12.4. The Hall–Kier alpha value is -0.420. The van der Waals surface area contributed by atoms with E-state index >= 15 is 0 Å². The molecule has 1 unspecified atom stereocenters. The molecular weight excluding hydrogens is 325 g/mol. The van der Waals surface area contributed by atoms with E-state index in [-0.39, 0.29) is 11.9 Å². The fourth-order valence-corrected chi connectivity index (χ4v) is 3.25. The lowest BCUT2D eigenvalue weighted by atomic mass is 10.1. The Balaban J connectivity index is 2.45. The van der Waals surface area contributed by atoms with Gasteiger partial charge >= 0.3 is 0 Å². The van der Waals surface area contributed by atoms with Crippen molar-refractivity contribution in [2.24, 2.45) is 0 Å². The van der Waals surface area contributed by atoms with E-state index in [2.05, 4.69) is 21.2 Å². The van der Waals surface area contributed by atoms with Crippen molar-refractivity contribution >= 4 is 38.9 Å². The second-order valence-corrected chi connectivity index (χ2v) is 6.11. The summed E-state index contributed by atoms with van der Waals surface area (Å²) < 4.78 is 15.2. The van der Waals surface area contributed by atoms with Crippen LogP contribution in [0.5, 0.6) is 0 Å². The molecule has 90 valence electrons. The topological polar surface area (TPSA) is 12.0 Å². The Kier molecular flexibility index (Phi) is 4.20. The third kappa shape index (κ3) is 2.71. The molecule has 0 amide bonds. The first kappa shape index (κ1) is 13.0. The van der Waals surface area contributed by atoms with E-state index in [0.717, 1.165) is 4.88 Å². The standard InChI is InChI=1S/C12H10BrClFNS/c1-16-12(9-5-6-10(14)17-9)7-3-2-4-8(13)11(7)15/h2-6,12,16H,1H3. The van der Waals surface area contributed by atoms with Crippen molar-refractivity contribution in [3.05, 3.63) is 55.4 Å². The fraction of sp³-hybridized carbons (Fsp3) is 0.167. The molecule has 17 heavy (non-hydrogen) atoms. The van der Waals surface area contributed by atoms with Crippen LogP contribution in [0.25, 0.3) is 0 Å².